The number of ether oxygens (including phenoxy) is 1. The normalized spacial score (nSPS) is 14.4. The number of likely N-dealkylation sites (tertiary alicyclic amines) is 1. The van der Waals surface area contributed by atoms with Crippen LogP contribution in [-0.2, 0) is 13.0 Å². The first-order chi connectivity index (χ1) is 19.3. The van der Waals surface area contributed by atoms with Crippen LogP contribution < -0.4 is 4.74 Å². The quantitative estimate of drug-likeness (QED) is 0.217. The van der Waals surface area contributed by atoms with Gasteiger partial charge in [0, 0.05) is 31.6 Å². The van der Waals surface area contributed by atoms with E-state index in [-0.39, 0.29) is 5.91 Å². The highest BCUT2D eigenvalue weighted by molar-refractivity contribution is 5.97. The zero-order valence-corrected chi connectivity index (χ0v) is 25.5. The van der Waals surface area contributed by atoms with Gasteiger partial charge in [-0.25, -0.2) is 4.98 Å². The van der Waals surface area contributed by atoms with Crippen molar-refractivity contribution in [3.05, 3.63) is 59.4 Å². The van der Waals surface area contributed by atoms with E-state index in [4.69, 9.17) is 9.72 Å². The molecule has 40 heavy (non-hydrogen) atoms. The Morgan fingerprint density at radius 3 is 2.35 bits per heavy atom. The largest absolute Gasteiger partial charge is 0.497 e. The number of aromatic nitrogens is 2. The summed E-state index contributed by atoms with van der Waals surface area (Å²) < 4.78 is 7.84. The molecule has 0 bridgehead atoms. The van der Waals surface area contributed by atoms with Gasteiger partial charge in [0.15, 0.2) is 0 Å². The predicted octanol–water partition coefficient (Wildman–Crippen LogP) is 7.05. The van der Waals surface area contributed by atoms with Gasteiger partial charge in [-0.15, -0.1) is 0 Å². The second-order valence-electron chi connectivity index (χ2n) is 12.3. The first-order valence-electron chi connectivity index (χ1n) is 15.5. The third kappa shape index (κ3) is 8.33. The molecule has 0 unspecified atom stereocenters. The molecule has 2 aromatic carbocycles. The SMILES string of the molecule is COc1cccc(Cc2nc3ccc(C(=O)N(CCC(C)C)CCC(C)C)cc3n2CCCN2CCCCC2)c1. The van der Waals surface area contributed by atoms with Gasteiger partial charge in [0.1, 0.15) is 11.6 Å². The molecule has 3 aromatic rings. The van der Waals surface area contributed by atoms with E-state index in [0.717, 1.165) is 80.0 Å². The fourth-order valence-electron chi connectivity index (χ4n) is 5.62. The Morgan fingerprint density at radius 1 is 0.950 bits per heavy atom. The molecule has 1 aliphatic rings. The molecule has 6 heteroatoms. The summed E-state index contributed by atoms with van der Waals surface area (Å²) in [6.07, 6.45) is 7.82. The highest BCUT2D eigenvalue weighted by atomic mass is 16.5. The summed E-state index contributed by atoms with van der Waals surface area (Å²) in [4.78, 5) is 23.5. The van der Waals surface area contributed by atoms with Gasteiger partial charge >= 0.3 is 0 Å². The molecule has 0 spiro atoms. The topological polar surface area (TPSA) is 50.6 Å². The van der Waals surface area contributed by atoms with Gasteiger partial charge in [-0.1, -0.05) is 46.2 Å². The van der Waals surface area contributed by atoms with Crippen molar-refractivity contribution < 1.29 is 9.53 Å². The second kappa shape index (κ2) is 14.7. The van der Waals surface area contributed by atoms with Crippen LogP contribution in [0, 0.1) is 11.8 Å². The fourth-order valence-corrected chi connectivity index (χ4v) is 5.62. The van der Waals surface area contributed by atoms with Crippen LogP contribution in [0.1, 0.15) is 88.0 Å². The molecule has 0 aliphatic carbocycles. The zero-order valence-electron chi connectivity index (χ0n) is 25.5. The number of methoxy groups -OCH3 is 1. The number of carbonyl (C=O) groups excluding carboxylic acids is 1. The zero-order chi connectivity index (χ0) is 28.5. The number of imidazole rings is 1. The van der Waals surface area contributed by atoms with Crippen LogP contribution in [0.5, 0.6) is 5.75 Å². The smallest absolute Gasteiger partial charge is 0.253 e. The number of nitrogens with zero attached hydrogens (tertiary/aromatic N) is 4. The average Bonchev–Trinajstić information content (AvgIpc) is 3.29. The molecule has 1 aromatic heterocycles. The Hall–Kier alpha value is -2.86. The number of piperidine rings is 1. The maximum Gasteiger partial charge on any atom is 0.253 e. The Bertz CT molecular complexity index is 1210. The molecule has 1 fully saturated rings. The summed E-state index contributed by atoms with van der Waals surface area (Å²) in [5.41, 5.74) is 3.97. The van der Waals surface area contributed by atoms with Crippen LogP contribution in [0.4, 0.5) is 0 Å². The van der Waals surface area contributed by atoms with Crippen LogP contribution in [0.2, 0.25) is 0 Å². The summed E-state index contributed by atoms with van der Waals surface area (Å²) in [7, 11) is 1.71. The Balaban J connectivity index is 1.62. The lowest BCUT2D eigenvalue weighted by Gasteiger charge is -2.26. The van der Waals surface area contributed by atoms with Gasteiger partial charge in [-0.3, -0.25) is 4.79 Å². The van der Waals surface area contributed by atoms with Crippen molar-refractivity contribution in [1.82, 2.24) is 19.4 Å². The van der Waals surface area contributed by atoms with Crippen LogP contribution >= 0.6 is 0 Å². The summed E-state index contributed by atoms with van der Waals surface area (Å²) >= 11 is 0. The minimum absolute atomic E-state index is 0.138. The van der Waals surface area contributed by atoms with Gasteiger partial charge < -0.3 is 19.1 Å². The molecule has 0 saturated carbocycles. The van der Waals surface area contributed by atoms with E-state index in [1.165, 1.54) is 37.9 Å². The van der Waals surface area contributed by atoms with Crippen molar-refractivity contribution in [2.24, 2.45) is 11.8 Å². The predicted molar refractivity (Wildman–Crippen MR) is 165 cm³/mol. The molecule has 0 atom stereocenters. The summed E-state index contributed by atoms with van der Waals surface area (Å²) in [5, 5.41) is 0. The lowest BCUT2D eigenvalue weighted by molar-refractivity contribution is 0.0741. The first-order valence-corrected chi connectivity index (χ1v) is 15.5. The maximum atomic E-state index is 13.8. The van der Waals surface area contributed by atoms with E-state index in [0.29, 0.717) is 11.8 Å². The van der Waals surface area contributed by atoms with Gasteiger partial charge in [-0.05, 0) is 99.5 Å². The third-order valence-corrected chi connectivity index (χ3v) is 8.12. The highest BCUT2D eigenvalue weighted by Gasteiger charge is 2.20. The Labute approximate surface area is 241 Å². The number of benzene rings is 2. The third-order valence-electron chi connectivity index (χ3n) is 8.12. The van der Waals surface area contributed by atoms with E-state index < -0.39 is 0 Å². The van der Waals surface area contributed by atoms with E-state index in [1.54, 1.807) is 7.11 Å². The number of rotatable bonds is 14. The summed E-state index contributed by atoms with van der Waals surface area (Å²) in [5.74, 6) is 3.18. The average molecular weight is 547 g/mol. The molecule has 0 radical (unpaired) electrons. The summed E-state index contributed by atoms with van der Waals surface area (Å²) in [6.45, 7) is 14.9. The van der Waals surface area contributed by atoms with Gasteiger partial charge in [0.25, 0.3) is 5.91 Å². The Kier molecular flexibility index (Phi) is 11.0. The van der Waals surface area contributed by atoms with Gasteiger partial charge in [0.2, 0.25) is 0 Å². The molecule has 1 saturated heterocycles. The molecule has 218 valence electrons. The van der Waals surface area contributed by atoms with Crippen molar-refractivity contribution in [3.63, 3.8) is 0 Å². The van der Waals surface area contributed by atoms with E-state index in [9.17, 15) is 4.79 Å². The monoisotopic (exact) mass is 546 g/mol. The number of hydrogen-bond donors (Lipinski definition) is 0. The fraction of sp³-hybridized carbons (Fsp3) is 0.588. The van der Waals surface area contributed by atoms with E-state index >= 15 is 0 Å². The molecular weight excluding hydrogens is 496 g/mol. The molecule has 1 aliphatic heterocycles. The molecule has 2 heterocycles. The first kappa shape index (κ1) is 30.1. The molecule has 6 nitrogen and oxygen atoms in total. The van der Waals surface area contributed by atoms with Crippen molar-refractivity contribution in [2.45, 2.75) is 79.2 Å². The van der Waals surface area contributed by atoms with Gasteiger partial charge in [0.05, 0.1) is 18.1 Å². The van der Waals surface area contributed by atoms with Gasteiger partial charge in [-0.2, -0.15) is 0 Å². The lowest BCUT2D eigenvalue weighted by Crippen LogP contribution is -2.34. The Morgan fingerprint density at radius 2 is 1.68 bits per heavy atom. The van der Waals surface area contributed by atoms with Crippen molar-refractivity contribution >= 4 is 16.9 Å². The minimum Gasteiger partial charge on any atom is -0.497 e. The molecular formula is C34H50N4O2. The standard InChI is InChI=1S/C34H50N4O2/c1-26(2)15-21-37(22-16-27(3)4)34(39)29-13-14-31-32(25-29)38(20-10-19-36-17-7-6-8-18-36)33(35-31)24-28-11-9-12-30(23-28)40-5/h9,11-14,23,25-27H,6-8,10,15-22,24H2,1-5H3. The maximum absolute atomic E-state index is 13.8. The lowest BCUT2D eigenvalue weighted by atomic mass is 10.1. The van der Waals surface area contributed by atoms with Crippen molar-refractivity contribution in [2.75, 3.05) is 39.8 Å². The van der Waals surface area contributed by atoms with Crippen molar-refractivity contribution in [1.29, 1.82) is 0 Å². The van der Waals surface area contributed by atoms with Crippen LogP contribution in [0.15, 0.2) is 42.5 Å². The highest BCUT2D eigenvalue weighted by Crippen LogP contribution is 2.24. The summed E-state index contributed by atoms with van der Waals surface area (Å²) in [6, 6.07) is 14.4. The molecule has 0 N–H and O–H groups in total. The molecule has 4 rings (SSSR count). The molecule has 1 amide bonds. The number of fused-ring (bicyclic) bond motifs is 1. The number of aryl methyl sites for hydroxylation is 1. The number of amides is 1. The van der Waals surface area contributed by atoms with Crippen molar-refractivity contribution in [3.8, 4) is 5.75 Å². The minimum atomic E-state index is 0.138. The number of hydrogen-bond acceptors (Lipinski definition) is 4. The second-order valence-corrected chi connectivity index (χ2v) is 12.3. The van der Waals surface area contributed by atoms with Crippen LogP contribution in [0.3, 0.4) is 0 Å². The van der Waals surface area contributed by atoms with E-state index in [1.807, 2.05) is 24.3 Å². The van der Waals surface area contributed by atoms with Crippen LogP contribution in [0.25, 0.3) is 11.0 Å². The number of carbonyl (C=O) groups is 1. The van der Waals surface area contributed by atoms with Crippen LogP contribution in [-0.4, -0.2) is 65.1 Å². The van der Waals surface area contributed by atoms with E-state index in [2.05, 4.69) is 60.3 Å².